The molecule has 2 aromatic carbocycles. The molecule has 3 aromatic rings. The lowest BCUT2D eigenvalue weighted by Crippen LogP contribution is -2.36. The molecule has 3 rings (SSSR count). The Morgan fingerprint density at radius 2 is 1.72 bits per heavy atom. The Morgan fingerprint density at radius 1 is 0.969 bits per heavy atom. The van der Waals surface area contributed by atoms with Crippen LogP contribution in [0.25, 0.3) is 0 Å². The maximum absolute atomic E-state index is 13.1. The Bertz CT molecular complexity index is 1080. The fourth-order valence-corrected chi connectivity index (χ4v) is 3.75. The minimum Gasteiger partial charge on any atom is -0.346 e. The van der Waals surface area contributed by atoms with Crippen molar-refractivity contribution >= 4 is 0 Å². The van der Waals surface area contributed by atoms with Crippen molar-refractivity contribution in [3.63, 3.8) is 0 Å². The van der Waals surface area contributed by atoms with Crippen molar-refractivity contribution in [2.75, 3.05) is 0 Å². The molecular formula is C26H28F3N3. The zero-order valence-corrected chi connectivity index (χ0v) is 18.6. The molecule has 0 aliphatic heterocycles. The smallest absolute Gasteiger partial charge is 0.346 e. The number of benzene rings is 2. The van der Waals surface area contributed by atoms with E-state index in [-0.39, 0.29) is 6.04 Å². The number of hydrogen-bond acceptors (Lipinski definition) is 2. The highest BCUT2D eigenvalue weighted by molar-refractivity contribution is 5.37. The minimum atomic E-state index is -4.35. The normalized spacial score (nSPS) is 12.8. The summed E-state index contributed by atoms with van der Waals surface area (Å²) in [5, 5.41) is 9.47. The third-order valence-corrected chi connectivity index (χ3v) is 5.95. The van der Waals surface area contributed by atoms with Crippen LogP contribution in [-0.4, -0.2) is 15.5 Å². The first-order valence-electron chi connectivity index (χ1n) is 10.7. The predicted molar refractivity (Wildman–Crippen MR) is 120 cm³/mol. The van der Waals surface area contributed by atoms with Crippen LogP contribution >= 0.6 is 0 Å². The van der Waals surface area contributed by atoms with Crippen LogP contribution in [0, 0.1) is 17.2 Å². The molecule has 0 aliphatic carbocycles. The van der Waals surface area contributed by atoms with Gasteiger partial charge < -0.3 is 4.57 Å². The van der Waals surface area contributed by atoms with E-state index >= 15 is 0 Å². The summed E-state index contributed by atoms with van der Waals surface area (Å²) in [5.74, 6) is 0.399. The Hall–Kier alpha value is -3.04. The lowest BCUT2D eigenvalue weighted by atomic mass is 10.0. The molecule has 0 amide bonds. The second-order valence-corrected chi connectivity index (χ2v) is 8.48. The Balaban J connectivity index is 1.84. The largest absolute Gasteiger partial charge is 0.416 e. The van der Waals surface area contributed by atoms with Crippen LogP contribution in [-0.2, 0) is 25.8 Å². The summed E-state index contributed by atoms with van der Waals surface area (Å²) in [5.41, 5.74) is 2.62. The summed E-state index contributed by atoms with van der Waals surface area (Å²) in [7, 11) is 0. The summed E-state index contributed by atoms with van der Waals surface area (Å²) in [4.78, 5) is 2.32. The SMILES string of the molecule is CC(C)[C@H](C)N(Cc1ccccc1C#N)Cc1cccn1Cc1cccc(C(F)(F)F)c1. The van der Waals surface area contributed by atoms with Gasteiger partial charge in [0.05, 0.1) is 17.2 Å². The predicted octanol–water partition coefficient (Wildman–Crippen LogP) is 6.47. The van der Waals surface area contributed by atoms with Gasteiger partial charge in [0.25, 0.3) is 0 Å². The minimum absolute atomic E-state index is 0.249. The Morgan fingerprint density at radius 3 is 2.41 bits per heavy atom. The van der Waals surface area contributed by atoms with Crippen LogP contribution in [0.3, 0.4) is 0 Å². The van der Waals surface area contributed by atoms with Crippen LogP contribution in [0.15, 0.2) is 66.9 Å². The van der Waals surface area contributed by atoms with Crippen molar-refractivity contribution in [2.24, 2.45) is 5.92 Å². The molecule has 0 unspecified atom stereocenters. The zero-order valence-electron chi connectivity index (χ0n) is 18.6. The monoisotopic (exact) mass is 439 g/mol. The quantitative estimate of drug-likeness (QED) is 0.403. The molecule has 0 radical (unpaired) electrons. The Labute approximate surface area is 187 Å². The summed E-state index contributed by atoms with van der Waals surface area (Å²) in [6, 6.07) is 19.5. The van der Waals surface area contributed by atoms with Gasteiger partial charge in [-0.25, -0.2) is 0 Å². The molecule has 6 heteroatoms. The maximum Gasteiger partial charge on any atom is 0.416 e. The first-order valence-corrected chi connectivity index (χ1v) is 10.7. The molecule has 0 N–H and O–H groups in total. The molecule has 0 spiro atoms. The molecule has 0 aliphatic rings. The fraction of sp³-hybridized carbons (Fsp3) is 0.346. The first kappa shape index (κ1) is 23.6. The van der Waals surface area contributed by atoms with Gasteiger partial charge in [0.1, 0.15) is 0 Å². The third kappa shape index (κ3) is 5.80. The van der Waals surface area contributed by atoms with Crippen molar-refractivity contribution in [1.29, 1.82) is 5.26 Å². The molecule has 0 saturated heterocycles. The molecule has 32 heavy (non-hydrogen) atoms. The highest BCUT2D eigenvalue weighted by Gasteiger charge is 2.30. The van der Waals surface area contributed by atoms with Gasteiger partial charge in [0.2, 0.25) is 0 Å². The average molecular weight is 440 g/mol. The number of alkyl halides is 3. The number of nitriles is 1. The number of aromatic nitrogens is 1. The van der Waals surface area contributed by atoms with Crippen molar-refractivity contribution < 1.29 is 13.2 Å². The van der Waals surface area contributed by atoms with Crippen molar-refractivity contribution in [2.45, 2.75) is 52.6 Å². The molecular weight excluding hydrogens is 411 g/mol. The van der Waals surface area contributed by atoms with Gasteiger partial charge in [-0.15, -0.1) is 0 Å². The van der Waals surface area contributed by atoms with Crippen molar-refractivity contribution in [3.05, 3.63) is 94.8 Å². The van der Waals surface area contributed by atoms with Crippen LogP contribution in [0.5, 0.6) is 0 Å². The topological polar surface area (TPSA) is 32.0 Å². The van der Waals surface area contributed by atoms with Crippen LogP contribution in [0.2, 0.25) is 0 Å². The highest BCUT2D eigenvalue weighted by Crippen LogP contribution is 2.30. The van der Waals surface area contributed by atoms with E-state index in [1.54, 1.807) is 6.07 Å². The molecule has 1 heterocycles. The first-order chi connectivity index (χ1) is 15.2. The molecule has 1 aromatic heterocycles. The van der Waals surface area contributed by atoms with E-state index in [4.69, 9.17) is 0 Å². The van der Waals surface area contributed by atoms with E-state index in [0.717, 1.165) is 17.3 Å². The average Bonchev–Trinajstić information content (AvgIpc) is 3.19. The standard InChI is InChI=1S/C26H28F3N3/c1-19(2)20(3)32(17-23-10-5-4-9-22(23)15-30)18-25-12-7-13-31(25)16-21-8-6-11-24(14-21)26(27,28)29/h4-14,19-20H,16-18H2,1-3H3/t20-/m0/s1. The van der Waals surface area contributed by atoms with Gasteiger partial charge >= 0.3 is 6.18 Å². The summed E-state index contributed by atoms with van der Waals surface area (Å²) in [6.45, 7) is 8.11. The molecule has 168 valence electrons. The second-order valence-electron chi connectivity index (χ2n) is 8.48. The number of rotatable bonds is 8. The number of nitrogens with zero attached hydrogens (tertiary/aromatic N) is 3. The summed E-state index contributed by atoms with van der Waals surface area (Å²) < 4.78 is 41.3. The van der Waals surface area contributed by atoms with E-state index in [9.17, 15) is 18.4 Å². The van der Waals surface area contributed by atoms with Gasteiger partial charge in [-0.2, -0.15) is 18.4 Å². The van der Waals surface area contributed by atoms with Crippen LogP contribution in [0.1, 0.15) is 48.7 Å². The summed E-state index contributed by atoms with van der Waals surface area (Å²) >= 11 is 0. The van der Waals surface area contributed by atoms with Gasteiger partial charge in [-0.3, -0.25) is 4.90 Å². The van der Waals surface area contributed by atoms with Crippen molar-refractivity contribution in [3.8, 4) is 6.07 Å². The van der Waals surface area contributed by atoms with Gasteiger partial charge in [0, 0.05) is 37.6 Å². The molecule has 0 fully saturated rings. The lowest BCUT2D eigenvalue weighted by Gasteiger charge is -2.32. The van der Waals surface area contributed by atoms with Crippen LogP contribution in [0.4, 0.5) is 13.2 Å². The molecule has 1 atom stereocenters. The molecule has 3 nitrogen and oxygen atoms in total. The van der Waals surface area contributed by atoms with E-state index in [2.05, 4.69) is 31.7 Å². The highest BCUT2D eigenvalue weighted by atomic mass is 19.4. The van der Waals surface area contributed by atoms with E-state index in [0.29, 0.717) is 36.7 Å². The Kier molecular flexibility index (Phi) is 7.42. The summed E-state index contributed by atoms with van der Waals surface area (Å²) in [6.07, 6.45) is -2.45. The van der Waals surface area contributed by atoms with E-state index in [1.165, 1.54) is 12.1 Å². The maximum atomic E-state index is 13.1. The molecule has 0 bridgehead atoms. The molecule has 0 saturated carbocycles. The number of halogens is 3. The van der Waals surface area contributed by atoms with Gasteiger partial charge in [-0.1, -0.05) is 44.2 Å². The van der Waals surface area contributed by atoms with E-state index < -0.39 is 11.7 Å². The fourth-order valence-electron chi connectivity index (χ4n) is 3.75. The number of hydrogen-bond donors (Lipinski definition) is 0. The van der Waals surface area contributed by atoms with Crippen molar-refractivity contribution in [1.82, 2.24) is 9.47 Å². The zero-order chi connectivity index (χ0) is 23.3. The lowest BCUT2D eigenvalue weighted by molar-refractivity contribution is -0.137. The van der Waals surface area contributed by atoms with Crippen LogP contribution < -0.4 is 0 Å². The third-order valence-electron chi connectivity index (χ3n) is 5.95. The van der Waals surface area contributed by atoms with Gasteiger partial charge in [-0.05, 0) is 54.3 Å². The van der Waals surface area contributed by atoms with E-state index in [1.807, 2.05) is 47.2 Å². The second kappa shape index (κ2) is 10.1. The van der Waals surface area contributed by atoms with Gasteiger partial charge in [0.15, 0.2) is 0 Å².